The molecule has 1 heterocycles. The van der Waals surface area contributed by atoms with Gasteiger partial charge >= 0.3 is 0 Å². The zero-order valence-corrected chi connectivity index (χ0v) is 10.6. The number of piperazine rings is 1. The fourth-order valence-electron chi connectivity index (χ4n) is 2.49. The fourth-order valence-corrected chi connectivity index (χ4v) is 2.49. The maximum absolute atomic E-state index is 5.21. The standard InChI is InChI=1S/C12H25N3O/c1-13-11(10-16-2)9-14-5-7-15(8-6-14)12-3-4-12/h11-13H,3-10H2,1-2H3. The van der Waals surface area contributed by atoms with Crippen LogP contribution in [-0.2, 0) is 4.74 Å². The number of rotatable bonds is 6. The van der Waals surface area contributed by atoms with Gasteiger partial charge in [0.05, 0.1) is 6.61 Å². The summed E-state index contributed by atoms with van der Waals surface area (Å²) < 4.78 is 5.21. The Hall–Kier alpha value is -0.160. The van der Waals surface area contributed by atoms with Crippen LogP contribution < -0.4 is 5.32 Å². The van der Waals surface area contributed by atoms with Gasteiger partial charge in [-0.2, -0.15) is 0 Å². The first-order valence-corrected chi connectivity index (χ1v) is 6.46. The Balaban J connectivity index is 1.67. The van der Waals surface area contributed by atoms with Crippen molar-refractivity contribution in [3.05, 3.63) is 0 Å². The van der Waals surface area contributed by atoms with Gasteiger partial charge in [0.2, 0.25) is 0 Å². The van der Waals surface area contributed by atoms with E-state index in [0.29, 0.717) is 6.04 Å². The molecule has 2 rings (SSSR count). The van der Waals surface area contributed by atoms with E-state index in [1.54, 1.807) is 7.11 Å². The molecule has 1 saturated carbocycles. The van der Waals surface area contributed by atoms with Crippen LogP contribution in [0.5, 0.6) is 0 Å². The van der Waals surface area contributed by atoms with Crippen molar-refractivity contribution in [2.24, 2.45) is 0 Å². The van der Waals surface area contributed by atoms with E-state index in [0.717, 1.165) is 19.2 Å². The number of nitrogens with one attached hydrogen (secondary N) is 1. The highest BCUT2D eigenvalue weighted by Gasteiger charge is 2.31. The summed E-state index contributed by atoms with van der Waals surface area (Å²) in [6.07, 6.45) is 2.87. The first-order chi connectivity index (χ1) is 7.83. The van der Waals surface area contributed by atoms with Gasteiger partial charge in [-0.1, -0.05) is 0 Å². The number of likely N-dealkylation sites (N-methyl/N-ethyl adjacent to an activating group) is 1. The topological polar surface area (TPSA) is 27.7 Å². The molecule has 0 aromatic heterocycles. The van der Waals surface area contributed by atoms with Crippen molar-refractivity contribution in [2.45, 2.75) is 24.9 Å². The number of methoxy groups -OCH3 is 1. The van der Waals surface area contributed by atoms with Crippen LogP contribution in [0.3, 0.4) is 0 Å². The number of hydrogen-bond acceptors (Lipinski definition) is 4. The van der Waals surface area contributed by atoms with E-state index in [4.69, 9.17) is 4.74 Å². The molecule has 1 N–H and O–H groups in total. The Morgan fingerprint density at radius 3 is 2.44 bits per heavy atom. The summed E-state index contributed by atoms with van der Waals surface area (Å²) >= 11 is 0. The SMILES string of the molecule is CNC(COC)CN1CCN(C2CC2)CC1. The van der Waals surface area contributed by atoms with Crippen molar-refractivity contribution in [1.29, 1.82) is 0 Å². The lowest BCUT2D eigenvalue weighted by Gasteiger charge is -2.36. The summed E-state index contributed by atoms with van der Waals surface area (Å²) in [6, 6.07) is 1.40. The lowest BCUT2D eigenvalue weighted by molar-refractivity contribution is 0.0966. The van der Waals surface area contributed by atoms with Gasteiger partial charge < -0.3 is 10.1 Å². The highest BCUT2D eigenvalue weighted by Crippen LogP contribution is 2.27. The van der Waals surface area contributed by atoms with Crippen molar-refractivity contribution < 1.29 is 4.74 Å². The molecule has 1 aliphatic heterocycles. The molecule has 16 heavy (non-hydrogen) atoms. The molecule has 1 aliphatic carbocycles. The van der Waals surface area contributed by atoms with Crippen LogP contribution in [0.25, 0.3) is 0 Å². The first kappa shape index (κ1) is 12.3. The second kappa shape index (κ2) is 5.96. The lowest BCUT2D eigenvalue weighted by atomic mass is 10.2. The van der Waals surface area contributed by atoms with E-state index in [1.165, 1.54) is 39.0 Å². The summed E-state index contributed by atoms with van der Waals surface area (Å²) in [6.45, 7) is 6.88. The van der Waals surface area contributed by atoms with Crippen LogP contribution in [0.15, 0.2) is 0 Å². The minimum absolute atomic E-state index is 0.470. The Bertz CT molecular complexity index is 200. The van der Waals surface area contributed by atoms with Crippen LogP contribution in [0.2, 0.25) is 0 Å². The molecule has 0 amide bonds. The molecule has 0 aromatic carbocycles. The lowest BCUT2D eigenvalue weighted by Crippen LogP contribution is -2.51. The van der Waals surface area contributed by atoms with Gasteiger partial charge in [-0.3, -0.25) is 9.80 Å². The van der Waals surface area contributed by atoms with Crippen LogP contribution in [-0.4, -0.2) is 75.4 Å². The third-order valence-electron chi connectivity index (χ3n) is 3.72. The average molecular weight is 227 g/mol. The second-order valence-corrected chi connectivity index (χ2v) is 5.01. The monoisotopic (exact) mass is 227 g/mol. The van der Waals surface area contributed by atoms with E-state index in [2.05, 4.69) is 15.1 Å². The third kappa shape index (κ3) is 3.42. The molecule has 2 aliphatic rings. The molecular weight excluding hydrogens is 202 g/mol. The molecule has 0 bridgehead atoms. The van der Waals surface area contributed by atoms with Gasteiger partial charge in [-0.05, 0) is 19.9 Å². The summed E-state index contributed by atoms with van der Waals surface area (Å²) in [5.41, 5.74) is 0. The van der Waals surface area contributed by atoms with E-state index >= 15 is 0 Å². The van der Waals surface area contributed by atoms with Gasteiger partial charge in [0.25, 0.3) is 0 Å². The average Bonchev–Trinajstić information content (AvgIpc) is 3.13. The molecule has 0 aromatic rings. The highest BCUT2D eigenvalue weighted by atomic mass is 16.5. The molecule has 0 spiro atoms. The summed E-state index contributed by atoms with van der Waals surface area (Å²) in [7, 11) is 3.79. The van der Waals surface area contributed by atoms with Gasteiger partial charge in [0, 0.05) is 51.9 Å². The van der Waals surface area contributed by atoms with Crippen molar-refractivity contribution in [1.82, 2.24) is 15.1 Å². The van der Waals surface area contributed by atoms with Gasteiger partial charge in [0.15, 0.2) is 0 Å². The largest absolute Gasteiger partial charge is 0.383 e. The van der Waals surface area contributed by atoms with E-state index in [1.807, 2.05) is 7.05 Å². The first-order valence-electron chi connectivity index (χ1n) is 6.46. The van der Waals surface area contributed by atoms with Gasteiger partial charge in [-0.25, -0.2) is 0 Å². The fraction of sp³-hybridized carbons (Fsp3) is 1.00. The maximum Gasteiger partial charge on any atom is 0.0628 e. The summed E-state index contributed by atoms with van der Waals surface area (Å²) in [5, 5.41) is 3.32. The van der Waals surface area contributed by atoms with Crippen LogP contribution in [0.1, 0.15) is 12.8 Å². The molecule has 94 valence electrons. The zero-order valence-electron chi connectivity index (χ0n) is 10.6. The predicted molar refractivity (Wildman–Crippen MR) is 65.8 cm³/mol. The smallest absolute Gasteiger partial charge is 0.0628 e. The molecule has 4 heteroatoms. The number of hydrogen-bond donors (Lipinski definition) is 1. The van der Waals surface area contributed by atoms with Crippen LogP contribution >= 0.6 is 0 Å². The summed E-state index contributed by atoms with van der Waals surface area (Å²) in [4.78, 5) is 5.21. The normalized spacial score (nSPS) is 25.9. The molecule has 1 atom stereocenters. The predicted octanol–water partition coefficient (Wildman–Crippen LogP) is 0.000800. The molecule has 4 nitrogen and oxygen atoms in total. The van der Waals surface area contributed by atoms with E-state index in [9.17, 15) is 0 Å². The maximum atomic E-state index is 5.21. The van der Waals surface area contributed by atoms with Crippen LogP contribution in [0, 0.1) is 0 Å². The molecule has 1 saturated heterocycles. The quantitative estimate of drug-likeness (QED) is 0.691. The highest BCUT2D eigenvalue weighted by molar-refractivity contribution is 4.88. The summed E-state index contributed by atoms with van der Waals surface area (Å²) in [5.74, 6) is 0. The van der Waals surface area contributed by atoms with E-state index in [-0.39, 0.29) is 0 Å². The minimum atomic E-state index is 0.470. The Kier molecular flexibility index (Phi) is 4.58. The Morgan fingerprint density at radius 2 is 1.94 bits per heavy atom. The van der Waals surface area contributed by atoms with Crippen molar-refractivity contribution >= 4 is 0 Å². The second-order valence-electron chi connectivity index (χ2n) is 5.01. The molecule has 2 fully saturated rings. The van der Waals surface area contributed by atoms with Crippen molar-refractivity contribution in [3.8, 4) is 0 Å². The zero-order chi connectivity index (χ0) is 11.4. The molecule has 1 unspecified atom stereocenters. The van der Waals surface area contributed by atoms with Crippen molar-refractivity contribution in [3.63, 3.8) is 0 Å². The number of ether oxygens (including phenoxy) is 1. The third-order valence-corrected chi connectivity index (χ3v) is 3.72. The molecular formula is C12H25N3O. The van der Waals surface area contributed by atoms with Gasteiger partial charge in [-0.15, -0.1) is 0 Å². The van der Waals surface area contributed by atoms with Crippen molar-refractivity contribution in [2.75, 3.05) is 53.5 Å². The number of nitrogens with zero attached hydrogens (tertiary/aromatic N) is 2. The minimum Gasteiger partial charge on any atom is -0.383 e. The van der Waals surface area contributed by atoms with E-state index < -0.39 is 0 Å². The Morgan fingerprint density at radius 1 is 1.25 bits per heavy atom. The van der Waals surface area contributed by atoms with Crippen LogP contribution in [0.4, 0.5) is 0 Å². The van der Waals surface area contributed by atoms with Gasteiger partial charge in [0.1, 0.15) is 0 Å². The molecule has 0 radical (unpaired) electrons. The Labute approximate surface area is 98.9 Å².